The van der Waals surface area contributed by atoms with Crippen molar-refractivity contribution in [2.45, 2.75) is 0 Å². The molecule has 0 spiro atoms. The Balaban J connectivity index is -0.00000000500. The molecule has 0 radical (unpaired) electrons. The molecular weight excluding hydrogens is 199 g/mol. The van der Waals surface area contributed by atoms with Crippen LogP contribution in [-0.4, -0.2) is 0 Å². The van der Waals surface area contributed by atoms with Crippen LogP contribution in [0.1, 0.15) is 0 Å². The van der Waals surface area contributed by atoms with E-state index in [9.17, 15) is 0 Å². The maximum Gasteiger partial charge on any atom is 0 e. The van der Waals surface area contributed by atoms with Gasteiger partial charge in [-0.2, -0.15) is 0 Å². The largest absolute Gasteiger partial charge is 0 e. The van der Waals surface area contributed by atoms with Crippen LogP contribution < -0.4 is 0 Å². The summed E-state index contributed by atoms with van der Waals surface area (Å²) in [5.74, 6) is 0. The summed E-state index contributed by atoms with van der Waals surface area (Å²) < 4.78 is 8.38. The molecule has 0 amide bonds. The van der Waals surface area contributed by atoms with Crippen LogP contribution in [0.2, 0.25) is 0 Å². The normalized spacial score (nSPS) is 1.50. The Morgan fingerprint density at radius 2 is 1.25 bits per heavy atom. The first kappa shape index (κ1) is 17.6. The smallest absolute Gasteiger partial charge is 0 e. The molecule has 0 N–H and O–H groups in total. The van der Waals surface area contributed by atoms with Crippen LogP contribution in [0.4, 0.5) is 0 Å². The van der Waals surface area contributed by atoms with E-state index < -0.39 is 0 Å². The van der Waals surface area contributed by atoms with Gasteiger partial charge in [0.05, 0.1) is 0 Å². The number of hydrogen-bond donors (Lipinski definition) is 0. The fourth-order valence-corrected chi connectivity index (χ4v) is 0. The maximum atomic E-state index is 8.38. The molecule has 0 atom stereocenters. The summed E-state index contributed by atoms with van der Waals surface area (Å²) in [6, 6.07) is 0. The van der Waals surface area contributed by atoms with Gasteiger partial charge in [0.2, 0.25) is 0 Å². The Labute approximate surface area is 58.4 Å². The van der Waals surface area contributed by atoms with Gasteiger partial charge >= 0.3 is 21.8 Å². The van der Waals surface area contributed by atoms with Gasteiger partial charge in [-0.05, 0) is 0 Å². The van der Waals surface area contributed by atoms with E-state index in [0.29, 0.717) is 0 Å². The summed E-state index contributed by atoms with van der Waals surface area (Å²) in [6.45, 7) is 0. The summed E-state index contributed by atoms with van der Waals surface area (Å²) in [6.07, 6.45) is 0. The van der Waals surface area contributed by atoms with Crippen molar-refractivity contribution in [3.63, 3.8) is 0 Å². The van der Waals surface area contributed by atoms with Crippen molar-refractivity contribution in [1.29, 1.82) is 0 Å². The van der Waals surface area contributed by atoms with Gasteiger partial charge in [0, 0.05) is 36.8 Å². The first-order chi connectivity index (χ1) is 1.00. The van der Waals surface area contributed by atoms with Gasteiger partial charge in [-0.3, -0.25) is 0 Å². The maximum absolute atomic E-state index is 8.38. The Morgan fingerprint density at radius 3 is 1.25 bits per heavy atom. The molecule has 16 valence electrons. The third kappa shape index (κ3) is 9.55. The average Bonchev–Trinajstić information content (AvgIpc) is 1.00. The molecule has 0 aliphatic heterocycles. The van der Waals surface area contributed by atoms with Crippen LogP contribution in [0.5, 0.6) is 0 Å². The molecule has 0 aliphatic rings. The molecule has 0 saturated heterocycles. The predicted molar refractivity (Wildman–Crippen MR) is 0.686 cm³/mol. The van der Waals surface area contributed by atoms with E-state index in [4.69, 9.17) is 3.57 Å². The van der Waals surface area contributed by atoms with Gasteiger partial charge in [0.25, 0.3) is 0 Å². The zero-order chi connectivity index (χ0) is 2.00. The summed E-state index contributed by atoms with van der Waals surface area (Å²) in [7, 11) is 0. The SMILES string of the molecule is [Cr].[O]=[Zn].[Zn]. The van der Waals surface area contributed by atoms with Gasteiger partial charge in [0.1, 0.15) is 0 Å². The van der Waals surface area contributed by atoms with Crippen LogP contribution in [-0.2, 0) is 58.7 Å². The van der Waals surface area contributed by atoms with Gasteiger partial charge in [-0.15, -0.1) is 0 Å². The quantitative estimate of drug-likeness (QED) is 0.496. The predicted octanol–water partition coefficient (Wildman–Crippen LogP) is -0.126. The first-order valence-electron chi connectivity index (χ1n) is 0.289. The molecule has 0 rings (SSSR count). The van der Waals surface area contributed by atoms with Crippen molar-refractivity contribution in [2.75, 3.05) is 0 Å². The van der Waals surface area contributed by atoms with Crippen LogP contribution >= 0.6 is 0 Å². The Hall–Kier alpha value is 1.58. The van der Waals surface area contributed by atoms with E-state index in [0.717, 1.165) is 0 Å². The molecule has 4 heavy (non-hydrogen) atoms. The second kappa shape index (κ2) is 23.5. The Kier molecular flexibility index (Phi) is 103. The number of rotatable bonds is 0. The van der Waals surface area contributed by atoms with Gasteiger partial charge in [-0.1, -0.05) is 0 Å². The Morgan fingerprint density at radius 1 is 1.25 bits per heavy atom. The average molecular weight is 199 g/mol. The minimum atomic E-state index is 0. The van der Waals surface area contributed by atoms with Crippen molar-refractivity contribution in [3.05, 3.63) is 0 Å². The van der Waals surface area contributed by atoms with E-state index in [2.05, 4.69) is 0 Å². The van der Waals surface area contributed by atoms with Crippen LogP contribution in [0.3, 0.4) is 0 Å². The van der Waals surface area contributed by atoms with Gasteiger partial charge in [-0.25, -0.2) is 0 Å². The van der Waals surface area contributed by atoms with E-state index >= 15 is 0 Å². The van der Waals surface area contributed by atoms with Crippen molar-refractivity contribution >= 4 is 0 Å². The molecule has 0 saturated carbocycles. The molecule has 0 heterocycles. The third-order valence-electron chi connectivity index (χ3n) is 0. The standard InChI is InChI=1S/Cr.O.2Zn. The van der Waals surface area contributed by atoms with E-state index in [1.165, 1.54) is 0 Å². The first-order valence-corrected chi connectivity index (χ1v) is 1.50. The monoisotopic (exact) mass is 196 g/mol. The zero-order valence-electron chi connectivity index (χ0n) is 2.23. The van der Waals surface area contributed by atoms with Crippen molar-refractivity contribution in [3.8, 4) is 0 Å². The fourth-order valence-electron chi connectivity index (χ4n) is 0. The molecule has 0 bridgehead atoms. The fraction of sp³-hybridized carbons (Fsp3) is 0. The minimum absolute atomic E-state index is 0. The van der Waals surface area contributed by atoms with Gasteiger partial charge < -0.3 is 0 Å². The van der Waals surface area contributed by atoms with Gasteiger partial charge in [0.15, 0.2) is 0 Å². The second-order valence-electron chi connectivity index (χ2n) is 0. The van der Waals surface area contributed by atoms with Crippen molar-refractivity contribution < 1.29 is 58.7 Å². The van der Waals surface area contributed by atoms with Crippen LogP contribution in [0.25, 0.3) is 0 Å². The molecule has 0 aromatic heterocycles. The van der Waals surface area contributed by atoms with E-state index in [1.807, 2.05) is 0 Å². The van der Waals surface area contributed by atoms with Crippen molar-refractivity contribution in [2.24, 2.45) is 0 Å². The molecule has 0 fully saturated rings. The van der Waals surface area contributed by atoms with Crippen molar-refractivity contribution in [1.82, 2.24) is 0 Å². The minimum Gasteiger partial charge on any atom is 0 e. The molecule has 0 aromatic carbocycles. The molecule has 4 heteroatoms. The summed E-state index contributed by atoms with van der Waals surface area (Å²) >= 11 is 0.125. The summed E-state index contributed by atoms with van der Waals surface area (Å²) in [5.41, 5.74) is 0. The number of hydrogen-bond acceptors (Lipinski definition) is 1. The van der Waals surface area contributed by atoms with E-state index in [1.54, 1.807) is 0 Å². The Bertz CT molecular complexity index is 6.00. The molecule has 0 aliphatic carbocycles. The summed E-state index contributed by atoms with van der Waals surface area (Å²) in [4.78, 5) is 0. The molecule has 0 unspecified atom stereocenters. The topological polar surface area (TPSA) is 17.1 Å². The molecular formula is CrOZn2. The van der Waals surface area contributed by atoms with Crippen LogP contribution in [0, 0.1) is 0 Å². The second-order valence-corrected chi connectivity index (χ2v) is 0. The molecule has 1 nitrogen and oxygen atoms in total. The van der Waals surface area contributed by atoms with E-state index in [-0.39, 0.29) is 55.1 Å². The summed E-state index contributed by atoms with van der Waals surface area (Å²) in [5, 5.41) is 0. The van der Waals surface area contributed by atoms with Crippen LogP contribution in [0.15, 0.2) is 0 Å². The zero-order valence-corrected chi connectivity index (χ0v) is 9.44. The third-order valence-corrected chi connectivity index (χ3v) is 0. The molecule has 0 aromatic rings.